The zero-order valence-electron chi connectivity index (χ0n) is 10.8. The van der Waals surface area contributed by atoms with Crippen molar-refractivity contribution in [3.63, 3.8) is 0 Å². The fraction of sp³-hybridized carbons (Fsp3) is 0.143. The predicted octanol–water partition coefficient (Wildman–Crippen LogP) is 2.50. The van der Waals surface area contributed by atoms with E-state index in [1.54, 1.807) is 30.6 Å². The summed E-state index contributed by atoms with van der Waals surface area (Å²) in [6, 6.07) is 7.07. The third-order valence-corrected chi connectivity index (χ3v) is 2.82. The van der Waals surface area contributed by atoms with Gasteiger partial charge in [0.05, 0.1) is 35.9 Å². The van der Waals surface area contributed by atoms with Gasteiger partial charge in [0.2, 0.25) is 0 Å². The zero-order chi connectivity index (χ0) is 13.8. The highest BCUT2D eigenvalue weighted by Gasteiger charge is 2.13. The van der Waals surface area contributed by atoms with Gasteiger partial charge in [0.1, 0.15) is 0 Å². The third-order valence-electron chi connectivity index (χ3n) is 2.82. The number of nitrogens with two attached hydrogens (primary N) is 1. The first-order chi connectivity index (χ1) is 9.13. The van der Waals surface area contributed by atoms with E-state index in [0.29, 0.717) is 16.9 Å². The fourth-order valence-corrected chi connectivity index (χ4v) is 1.70. The van der Waals surface area contributed by atoms with E-state index in [0.717, 1.165) is 11.3 Å². The van der Waals surface area contributed by atoms with Crippen molar-refractivity contribution < 1.29 is 9.53 Å². The highest BCUT2D eigenvalue weighted by atomic mass is 16.5. The van der Waals surface area contributed by atoms with Crippen molar-refractivity contribution in [3.05, 3.63) is 47.8 Å². The van der Waals surface area contributed by atoms with Crippen molar-refractivity contribution in [2.24, 2.45) is 0 Å². The normalized spacial score (nSPS) is 10.0. The maximum Gasteiger partial charge on any atom is 0.340 e. The monoisotopic (exact) mass is 257 g/mol. The molecule has 2 rings (SSSR count). The molecule has 5 nitrogen and oxygen atoms in total. The number of nitrogens with one attached hydrogen (secondary N) is 1. The largest absolute Gasteiger partial charge is 0.465 e. The van der Waals surface area contributed by atoms with Gasteiger partial charge in [-0.2, -0.15) is 0 Å². The molecule has 1 heterocycles. The molecule has 0 spiro atoms. The van der Waals surface area contributed by atoms with E-state index in [-0.39, 0.29) is 0 Å². The molecule has 0 bridgehead atoms. The van der Waals surface area contributed by atoms with Crippen LogP contribution in [0.1, 0.15) is 15.9 Å². The number of nitrogen functional groups attached to an aromatic ring is 1. The van der Waals surface area contributed by atoms with Crippen molar-refractivity contribution >= 4 is 23.0 Å². The molecule has 0 aliphatic heterocycles. The van der Waals surface area contributed by atoms with Gasteiger partial charge < -0.3 is 15.8 Å². The molecule has 5 heteroatoms. The molecule has 0 atom stereocenters. The van der Waals surface area contributed by atoms with Crippen molar-refractivity contribution in [1.82, 2.24) is 4.98 Å². The maximum atomic E-state index is 11.6. The highest BCUT2D eigenvalue weighted by Crippen LogP contribution is 2.27. The molecule has 19 heavy (non-hydrogen) atoms. The Bertz CT molecular complexity index is 611. The number of hydrogen-bond donors (Lipinski definition) is 2. The van der Waals surface area contributed by atoms with Crippen molar-refractivity contribution in [2.75, 3.05) is 18.2 Å². The number of methoxy groups -OCH3 is 1. The quantitative estimate of drug-likeness (QED) is 0.652. The first kappa shape index (κ1) is 12.9. The minimum Gasteiger partial charge on any atom is -0.465 e. The molecule has 0 aliphatic carbocycles. The van der Waals surface area contributed by atoms with E-state index in [4.69, 9.17) is 5.73 Å². The molecular formula is C14H15N3O2. The predicted molar refractivity (Wildman–Crippen MR) is 74.5 cm³/mol. The van der Waals surface area contributed by atoms with Gasteiger partial charge in [-0.3, -0.25) is 4.98 Å². The molecule has 1 aromatic heterocycles. The summed E-state index contributed by atoms with van der Waals surface area (Å²) < 4.78 is 4.69. The van der Waals surface area contributed by atoms with Crippen molar-refractivity contribution in [2.45, 2.75) is 6.92 Å². The van der Waals surface area contributed by atoms with Crippen LogP contribution in [0.3, 0.4) is 0 Å². The third kappa shape index (κ3) is 2.65. The van der Waals surface area contributed by atoms with Crippen LogP contribution in [0.4, 0.5) is 17.1 Å². The number of esters is 1. The summed E-state index contributed by atoms with van der Waals surface area (Å²) in [6.07, 6.45) is 3.42. The SMILES string of the molecule is COC(=O)c1cccc(Nc2cnccc2C)c1N. The first-order valence-corrected chi connectivity index (χ1v) is 5.78. The number of ether oxygens (including phenoxy) is 1. The second kappa shape index (κ2) is 5.39. The van der Waals surface area contributed by atoms with Crippen LogP contribution in [0.5, 0.6) is 0 Å². The Morgan fingerprint density at radius 2 is 2.11 bits per heavy atom. The number of nitrogens with zero attached hydrogens (tertiary/aromatic N) is 1. The van der Waals surface area contributed by atoms with E-state index >= 15 is 0 Å². The molecule has 0 fully saturated rings. The van der Waals surface area contributed by atoms with Crippen LogP contribution < -0.4 is 11.1 Å². The van der Waals surface area contributed by atoms with Crippen LogP contribution in [-0.4, -0.2) is 18.1 Å². The summed E-state index contributed by atoms with van der Waals surface area (Å²) in [6.45, 7) is 1.96. The van der Waals surface area contributed by atoms with Crippen LogP contribution >= 0.6 is 0 Å². The lowest BCUT2D eigenvalue weighted by atomic mass is 10.1. The number of anilines is 3. The van der Waals surface area contributed by atoms with Gasteiger partial charge in [-0.15, -0.1) is 0 Å². The maximum absolute atomic E-state index is 11.6. The number of aromatic nitrogens is 1. The Morgan fingerprint density at radius 1 is 1.32 bits per heavy atom. The number of aryl methyl sites for hydroxylation is 1. The number of carbonyl (C=O) groups is 1. The van der Waals surface area contributed by atoms with Gasteiger partial charge in [0, 0.05) is 6.20 Å². The summed E-state index contributed by atoms with van der Waals surface area (Å²) in [5.41, 5.74) is 9.21. The molecule has 0 aliphatic rings. The summed E-state index contributed by atoms with van der Waals surface area (Å²) >= 11 is 0. The average Bonchev–Trinajstić information content (AvgIpc) is 2.42. The molecule has 98 valence electrons. The Labute approximate surface area is 111 Å². The topological polar surface area (TPSA) is 77.2 Å². The molecule has 0 unspecified atom stereocenters. The van der Waals surface area contributed by atoms with Crippen LogP contribution in [0.25, 0.3) is 0 Å². The molecule has 2 aromatic rings. The smallest absolute Gasteiger partial charge is 0.340 e. The summed E-state index contributed by atoms with van der Waals surface area (Å²) in [4.78, 5) is 15.6. The molecule has 1 aromatic carbocycles. The van der Waals surface area contributed by atoms with Gasteiger partial charge in [-0.25, -0.2) is 4.79 Å². The Balaban J connectivity index is 2.37. The summed E-state index contributed by atoms with van der Waals surface area (Å²) in [5.74, 6) is -0.455. The number of para-hydroxylation sites is 1. The number of pyridine rings is 1. The van der Waals surface area contributed by atoms with Crippen LogP contribution in [0.15, 0.2) is 36.7 Å². The van der Waals surface area contributed by atoms with Crippen molar-refractivity contribution in [1.29, 1.82) is 0 Å². The first-order valence-electron chi connectivity index (χ1n) is 5.78. The van der Waals surface area contributed by atoms with E-state index in [2.05, 4.69) is 15.0 Å². The molecule has 0 saturated heterocycles. The fourth-order valence-electron chi connectivity index (χ4n) is 1.70. The summed E-state index contributed by atoms with van der Waals surface area (Å²) in [7, 11) is 1.33. The minimum atomic E-state index is -0.455. The van der Waals surface area contributed by atoms with Crippen LogP contribution in [0, 0.1) is 6.92 Å². The Morgan fingerprint density at radius 3 is 2.79 bits per heavy atom. The average molecular weight is 257 g/mol. The highest BCUT2D eigenvalue weighted by molar-refractivity contribution is 5.98. The molecule has 0 saturated carbocycles. The van der Waals surface area contributed by atoms with Gasteiger partial charge in [-0.1, -0.05) is 6.07 Å². The summed E-state index contributed by atoms with van der Waals surface area (Å²) in [5, 5.41) is 3.16. The van der Waals surface area contributed by atoms with E-state index in [1.807, 2.05) is 13.0 Å². The molecule has 3 N–H and O–H groups in total. The number of carbonyl (C=O) groups excluding carboxylic acids is 1. The Hall–Kier alpha value is -2.56. The number of hydrogen-bond acceptors (Lipinski definition) is 5. The minimum absolute atomic E-state index is 0.342. The van der Waals surface area contributed by atoms with E-state index < -0.39 is 5.97 Å². The lowest BCUT2D eigenvalue weighted by Crippen LogP contribution is -2.08. The second-order valence-corrected chi connectivity index (χ2v) is 4.07. The van der Waals surface area contributed by atoms with E-state index in [9.17, 15) is 4.79 Å². The lowest BCUT2D eigenvalue weighted by molar-refractivity contribution is 0.0602. The molecular weight excluding hydrogens is 242 g/mol. The second-order valence-electron chi connectivity index (χ2n) is 4.07. The molecule has 0 radical (unpaired) electrons. The van der Waals surface area contributed by atoms with Gasteiger partial charge >= 0.3 is 5.97 Å². The molecule has 0 amide bonds. The van der Waals surface area contributed by atoms with Gasteiger partial charge in [-0.05, 0) is 30.7 Å². The number of benzene rings is 1. The lowest BCUT2D eigenvalue weighted by Gasteiger charge is -2.13. The van der Waals surface area contributed by atoms with Crippen molar-refractivity contribution in [3.8, 4) is 0 Å². The Kier molecular flexibility index (Phi) is 3.66. The van der Waals surface area contributed by atoms with Crippen LogP contribution in [-0.2, 0) is 4.74 Å². The standard InChI is InChI=1S/C14H15N3O2/c1-9-6-7-16-8-12(9)17-11-5-3-4-10(13(11)15)14(18)19-2/h3-8,17H,15H2,1-2H3. The van der Waals surface area contributed by atoms with Crippen LogP contribution in [0.2, 0.25) is 0 Å². The van der Waals surface area contributed by atoms with Gasteiger partial charge in [0.15, 0.2) is 0 Å². The zero-order valence-corrected chi connectivity index (χ0v) is 10.8. The van der Waals surface area contributed by atoms with Gasteiger partial charge in [0.25, 0.3) is 0 Å². The van der Waals surface area contributed by atoms with E-state index in [1.165, 1.54) is 7.11 Å². The number of rotatable bonds is 3.